The third-order valence-electron chi connectivity index (χ3n) is 3.14. The van der Waals surface area contributed by atoms with Gasteiger partial charge in [0.05, 0.1) is 5.56 Å². The molecule has 4 nitrogen and oxygen atoms in total. The van der Waals surface area contributed by atoms with Gasteiger partial charge in [0.15, 0.2) is 0 Å². The molecule has 2 aromatic carbocycles. The van der Waals surface area contributed by atoms with Crippen LogP contribution in [0.5, 0.6) is 5.75 Å². The SMILES string of the molecule is CC(CC(C)C)=NNC(=O)c1cc(O)cc2ccccc12. The second-order valence-electron chi connectivity index (χ2n) is 5.60. The average molecular weight is 284 g/mol. The number of amides is 1. The van der Waals surface area contributed by atoms with Crippen molar-refractivity contribution in [1.82, 2.24) is 5.43 Å². The molecule has 0 aliphatic rings. The molecule has 0 aromatic heterocycles. The molecule has 0 atom stereocenters. The number of hydrogen-bond acceptors (Lipinski definition) is 3. The second kappa shape index (κ2) is 6.39. The number of benzene rings is 2. The quantitative estimate of drug-likeness (QED) is 0.664. The molecule has 0 heterocycles. The van der Waals surface area contributed by atoms with E-state index in [1.807, 2.05) is 31.2 Å². The molecule has 2 aromatic rings. The van der Waals surface area contributed by atoms with Crippen molar-refractivity contribution >= 4 is 22.4 Å². The number of nitrogens with zero attached hydrogens (tertiary/aromatic N) is 1. The molecule has 0 bridgehead atoms. The Balaban J connectivity index is 2.27. The minimum absolute atomic E-state index is 0.0710. The molecule has 2 rings (SSSR count). The lowest BCUT2D eigenvalue weighted by atomic mass is 10.0. The molecule has 110 valence electrons. The summed E-state index contributed by atoms with van der Waals surface area (Å²) in [4.78, 5) is 12.3. The van der Waals surface area contributed by atoms with E-state index in [9.17, 15) is 9.90 Å². The van der Waals surface area contributed by atoms with E-state index >= 15 is 0 Å². The highest BCUT2D eigenvalue weighted by Crippen LogP contribution is 2.24. The normalized spacial score (nSPS) is 11.9. The third-order valence-corrected chi connectivity index (χ3v) is 3.14. The number of nitrogens with one attached hydrogen (secondary N) is 1. The van der Waals surface area contributed by atoms with Gasteiger partial charge in [0.25, 0.3) is 5.91 Å². The summed E-state index contributed by atoms with van der Waals surface area (Å²) in [6.45, 7) is 6.09. The molecule has 0 saturated carbocycles. The van der Waals surface area contributed by atoms with E-state index in [0.29, 0.717) is 11.5 Å². The maximum atomic E-state index is 12.3. The van der Waals surface area contributed by atoms with Crippen LogP contribution >= 0.6 is 0 Å². The molecule has 4 heteroatoms. The van der Waals surface area contributed by atoms with Gasteiger partial charge in [-0.3, -0.25) is 4.79 Å². The zero-order valence-corrected chi connectivity index (χ0v) is 12.6. The molecule has 2 N–H and O–H groups in total. The number of fused-ring (bicyclic) bond motifs is 1. The van der Waals surface area contributed by atoms with E-state index in [0.717, 1.165) is 22.9 Å². The standard InChI is InChI=1S/C17H20N2O2/c1-11(2)8-12(3)18-19-17(21)16-10-14(20)9-13-6-4-5-7-15(13)16/h4-7,9-11,20H,8H2,1-3H3,(H,19,21). The lowest BCUT2D eigenvalue weighted by molar-refractivity contribution is 0.0956. The van der Waals surface area contributed by atoms with Crippen LogP contribution in [0.2, 0.25) is 0 Å². The zero-order valence-electron chi connectivity index (χ0n) is 12.6. The van der Waals surface area contributed by atoms with Crippen LogP contribution in [0.3, 0.4) is 0 Å². The Morgan fingerprint density at radius 1 is 1.29 bits per heavy atom. The molecule has 0 radical (unpaired) electrons. The van der Waals surface area contributed by atoms with Gasteiger partial charge in [0, 0.05) is 5.71 Å². The Bertz CT molecular complexity index is 690. The van der Waals surface area contributed by atoms with Crippen LogP contribution in [-0.2, 0) is 0 Å². The smallest absolute Gasteiger partial charge is 0.272 e. The molecule has 0 fully saturated rings. The Morgan fingerprint density at radius 3 is 2.71 bits per heavy atom. The van der Waals surface area contributed by atoms with Crippen molar-refractivity contribution in [3.63, 3.8) is 0 Å². The van der Waals surface area contributed by atoms with E-state index in [2.05, 4.69) is 24.4 Å². The van der Waals surface area contributed by atoms with Gasteiger partial charge in [0.1, 0.15) is 5.75 Å². The van der Waals surface area contributed by atoms with Crippen molar-refractivity contribution in [1.29, 1.82) is 0 Å². The molecule has 0 aliphatic carbocycles. The summed E-state index contributed by atoms with van der Waals surface area (Å²) in [5.41, 5.74) is 3.86. The zero-order chi connectivity index (χ0) is 15.4. The highest BCUT2D eigenvalue weighted by molar-refractivity contribution is 6.07. The highest BCUT2D eigenvalue weighted by Gasteiger charge is 2.11. The summed E-state index contributed by atoms with van der Waals surface area (Å²) in [5, 5.41) is 15.5. The van der Waals surface area contributed by atoms with Crippen molar-refractivity contribution < 1.29 is 9.90 Å². The van der Waals surface area contributed by atoms with Crippen LogP contribution in [0.4, 0.5) is 0 Å². The molecular formula is C17H20N2O2. The van der Waals surface area contributed by atoms with Crippen molar-refractivity contribution in [2.75, 3.05) is 0 Å². The van der Waals surface area contributed by atoms with Crippen LogP contribution in [0.1, 0.15) is 37.6 Å². The van der Waals surface area contributed by atoms with Crippen molar-refractivity contribution in [2.45, 2.75) is 27.2 Å². The molecular weight excluding hydrogens is 264 g/mol. The van der Waals surface area contributed by atoms with E-state index in [-0.39, 0.29) is 11.7 Å². The summed E-state index contributed by atoms with van der Waals surface area (Å²) < 4.78 is 0. The van der Waals surface area contributed by atoms with E-state index in [1.165, 1.54) is 6.07 Å². The number of carbonyl (C=O) groups excluding carboxylic acids is 1. The van der Waals surface area contributed by atoms with Gasteiger partial charge in [-0.25, -0.2) is 5.43 Å². The monoisotopic (exact) mass is 284 g/mol. The second-order valence-corrected chi connectivity index (χ2v) is 5.60. The topological polar surface area (TPSA) is 61.7 Å². The first-order valence-electron chi connectivity index (χ1n) is 7.02. The fourth-order valence-electron chi connectivity index (χ4n) is 2.33. The Hall–Kier alpha value is -2.36. The van der Waals surface area contributed by atoms with Gasteiger partial charge >= 0.3 is 0 Å². The van der Waals surface area contributed by atoms with Crippen molar-refractivity contribution in [3.05, 3.63) is 42.0 Å². The minimum atomic E-state index is -0.315. The fraction of sp³-hybridized carbons (Fsp3) is 0.294. The van der Waals surface area contributed by atoms with Gasteiger partial charge in [-0.2, -0.15) is 5.10 Å². The summed E-state index contributed by atoms with van der Waals surface area (Å²) in [6, 6.07) is 10.6. The third kappa shape index (κ3) is 3.81. The van der Waals surface area contributed by atoms with Crippen LogP contribution in [0.15, 0.2) is 41.5 Å². The van der Waals surface area contributed by atoms with E-state index in [1.54, 1.807) is 6.07 Å². The van der Waals surface area contributed by atoms with E-state index in [4.69, 9.17) is 0 Å². The van der Waals surface area contributed by atoms with Gasteiger partial charge in [-0.1, -0.05) is 38.1 Å². The molecule has 0 saturated heterocycles. The van der Waals surface area contributed by atoms with Gasteiger partial charge in [0.2, 0.25) is 0 Å². The number of phenols is 1. The highest BCUT2D eigenvalue weighted by atomic mass is 16.3. The predicted molar refractivity (Wildman–Crippen MR) is 85.6 cm³/mol. The maximum absolute atomic E-state index is 12.3. The van der Waals surface area contributed by atoms with Crippen LogP contribution < -0.4 is 5.43 Å². The molecule has 0 unspecified atom stereocenters. The van der Waals surface area contributed by atoms with Crippen LogP contribution in [-0.4, -0.2) is 16.7 Å². The predicted octanol–water partition coefficient (Wildman–Crippen LogP) is 3.70. The number of rotatable bonds is 4. The first-order valence-corrected chi connectivity index (χ1v) is 7.02. The Morgan fingerprint density at radius 2 is 2.00 bits per heavy atom. The first kappa shape index (κ1) is 15.0. The number of aromatic hydroxyl groups is 1. The minimum Gasteiger partial charge on any atom is -0.508 e. The van der Waals surface area contributed by atoms with E-state index < -0.39 is 0 Å². The summed E-state index contributed by atoms with van der Waals surface area (Å²) >= 11 is 0. The van der Waals surface area contributed by atoms with Gasteiger partial charge in [-0.05, 0) is 42.2 Å². The van der Waals surface area contributed by atoms with Crippen molar-refractivity contribution in [3.8, 4) is 5.75 Å². The number of hydrogen-bond donors (Lipinski definition) is 2. The summed E-state index contributed by atoms with van der Waals surface area (Å²) in [5.74, 6) is 0.249. The van der Waals surface area contributed by atoms with Crippen LogP contribution in [0, 0.1) is 5.92 Å². The van der Waals surface area contributed by atoms with Crippen molar-refractivity contribution in [2.24, 2.45) is 11.0 Å². The maximum Gasteiger partial charge on any atom is 0.272 e. The Labute approximate surface area is 124 Å². The molecule has 1 amide bonds. The Kier molecular flexibility index (Phi) is 4.58. The lowest BCUT2D eigenvalue weighted by Gasteiger charge is -2.08. The summed E-state index contributed by atoms with van der Waals surface area (Å²) in [6.07, 6.45) is 0.834. The largest absolute Gasteiger partial charge is 0.508 e. The summed E-state index contributed by atoms with van der Waals surface area (Å²) in [7, 11) is 0. The molecule has 0 aliphatic heterocycles. The molecule has 0 spiro atoms. The van der Waals surface area contributed by atoms with Crippen LogP contribution in [0.25, 0.3) is 10.8 Å². The number of carbonyl (C=O) groups is 1. The van der Waals surface area contributed by atoms with Gasteiger partial charge < -0.3 is 5.11 Å². The molecule has 21 heavy (non-hydrogen) atoms. The number of hydrazone groups is 1. The lowest BCUT2D eigenvalue weighted by Crippen LogP contribution is -2.19. The fourth-order valence-corrected chi connectivity index (χ4v) is 2.33. The average Bonchev–Trinajstić information content (AvgIpc) is 2.43. The first-order chi connectivity index (χ1) is 9.97. The van der Waals surface area contributed by atoms with Gasteiger partial charge in [-0.15, -0.1) is 0 Å². The number of phenolic OH excluding ortho intramolecular Hbond substituents is 1.